The average Bonchev–Trinajstić information content (AvgIpc) is 2.73. The van der Waals surface area contributed by atoms with Gasteiger partial charge in [0.1, 0.15) is 0 Å². The predicted octanol–water partition coefficient (Wildman–Crippen LogP) is 1.49. The normalized spacial score (nSPS) is 11.2. The van der Waals surface area contributed by atoms with Gasteiger partial charge in [0.05, 0.1) is 30.4 Å². The molecule has 0 saturated carbocycles. The van der Waals surface area contributed by atoms with Gasteiger partial charge in [0.25, 0.3) is 5.91 Å². The van der Waals surface area contributed by atoms with Crippen LogP contribution in [0.1, 0.15) is 24.2 Å². The summed E-state index contributed by atoms with van der Waals surface area (Å²) in [4.78, 5) is 28.4. The lowest BCUT2D eigenvalue weighted by molar-refractivity contribution is -0.115. The van der Waals surface area contributed by atoms with E-state index < -0.39 is 21.8 Å². The Morgan fingerprint density at radius 2 is 1.86 bits per heavy atom. The molecule has 0 aliphatic carbocycles. The van der Waals surface area contributed by atoms with Gasteiger partial charge < -0.3 is 15.4 Å². The van der Waals surface area contributed by atoms with Gasteiger partial charge in [-0.1, -0.05) is 19.9 Å². The van der Waals surface area contributed by atoms with Crippen molar-refractivity contribution in [1.29, 1.82) is 0 Å². The van der Waals surface area contributed by atoms with Crippen molar-refractivity contribution in [1.82, 2.24) is 14.6 Å². The number of carbonyl (C=O) groups excluding carboxylic acids is 2. The van der Waals surface area contributed by atoms with Gasteiger partial charge in [0, 0.05) is 24.7 Å². The van der Waals surface area contributed by atoms with Crippen LogP contribution in [0.5, 0.6) is 5.88 Å². The molecule has 1 heterocycles. The predicted molar refractivity (Wildman–Crippen MR) is 108 cm³/mol. The van der Waals surface area contributed by atoms with Gasteiger partial charge >= 0.3 is 0 Å². The summed E-state index contributed by atoms with van der Waals surface area (Å²) in [5.41, 5.74) is 0.606. The fourth-order valence-corrected chi connectivity index (χ4v) is 4.06. The molecule has 0 spiro atoms. The molecular weight excluding hydrogens is 396 g/mol. The first kappa shape index (κ1) is 22.3. The maximum Gasteiger partial charge on any atom is 0.251 e. The zero-order valence-corrected chi connectivity index (χ0v) is 17.3. The van der Waals surface area contributed by atoms with E-state index in [4.69, 9.17) is 4.74 Å². The maximum absolute atomic E-state index is 12.6. The third kappa shape index (κ3) is 5.75. The van der Waals surface area contributed by atoms with Crippen molar-refractivity contribution in [2.75, 3.05) is 32.1 Å². The minimum absolute atomic E-state index is 0.0302. The molecule has 1 aromatic carbocycles. The molecule has 29 heavy (non-hydrogen) atoms. The van der Waals surface area contributed by atoms with E-state index >= 15 is 0 Å². The van der Waals surface area contributed by atoms with Crippen LogP contribution >= 0.6 is 0 Å². The number of carbonyl (C=O) groups is 2. The van der Waals surface area contributed by atoms with E-state index in [2.05, 4.69) is 15.6 Å². The number of ether oxygens (including phenoxy) is 1. The molecular formula is C19H24N4O5S. The van der Waals surface area contributed by atoms with Crippen LogP contribution in [0, 0.1) is 0 Å². The molecule has 1 aromatic heterocycles. The Balaban J connectivity index is 2.01. The van der Waals surface area contributed by atoms with Crippen LogP contribution in [-0.2, 0) is 14.8 Å². The molecule has 0 aliphatic heterocycles. The highest BCUT2D eigenvalue weighted by Gasteiger charge is 2.22. The van der Waals surface area contributed by atoms with Crippen LogP contribution in [0.25, 0.3) is 0 Å². The molecule has 0 saturated heterocycles. The van der Waals surface area contributed by atoms with Crippen LogP contribution in [0.4, 0.5) is 5.69 Å². The van der Waals surface area contributed by atoms with E-state index in [9.17, 15) is 18.0 Å². The number of amides is 2. The third-order valence-corrected chi connectivity index (χ3v) is 6.12. The number of pyridine rings is 1. The molecule has 2 amide bonds. The fourth-order valence-electron chi connectivity index (χ4n) is 2.55. The monoisotopic (exact) mass is 420 g/mol. The summed E-state index contributed by atoms with van der Waals surface area (Å²) >= 11 is 0. The summed E-state index contributed by atoms with van der Waals surface area (Å²) in [6.07, 6.45) is 1.43. The SMILES string of the molecule is CCN(CC)S(=O)(=O)c1cccc(C(=O)NCC(=O)Nc2ccc(OC)nc2)c1. The fraction of sp³-hybridized carbons (Fsp3) is 0.316. The number of aromatic nitrogens is 1. The molecule has 0 unspecified atom stereocenters. The molecule has 2 rings (SSSR count). The van der Waals surface area contributed by atoms with Crippen LogP contribution < -0.4 is 15.4 Å². The van der Waals surface area contributed by atoms with E-state index in [-0.39, 0.29) is 17.0 Å². The Labute approximate surface area is 170 Å². The van der Waals surface area contributed by atoms with Crippen molar-refractivity contribution >= 4 is 27.5 Å². The number of nitrogens with zero attached hydrogens (tertiary/aromatic N) is 2. The Kier molecular flexibility index (Phi) is 7.68. The quantitative estimate of drug-likeness (QED) is 0.635. The number of nitrogens with one attached hydrogen (secondary N) is 2. The number of methoxy groups -OCH3 is 1. The lowest BCUT2D eigenvalue weighted by atomic mass is 10.2. The number of sulfonamides is 1. The third-order valence-electron chi connectivity index (χ3n) is 4.08. The molecule has 0 fully saturated rings. The number of benzene rings is 1. The summed E-state index contributed by atoms with van der Waals surface area (Å²) in [6.45, 7) is 3.87. The Bertz CT molecular complexity index is 957. The highest BCUT2D eigenvalue weighted by molar-refractivity contribution is 7.89. The van der Waals surface area contributed by atoms with Crippen molar-refractivity contribution in [2.45, 2.75) is 18.7 Å². The van der Waals surface area contributed by atoms with Crippen LogP contribution in [0.2, 0.25) is 0 Å². The average molecular weight is 420 g/mol. The molecule has 156 valence electrons. The summed E-state index contributed by atoms with van der Waals surface area (Å²) < 4.78 is 31.4. The molecule has 0 aliphatic rings. The van der Waals surface area contributed by atoms with Crippen molar-refractivity contribution < 1.29 is 22.7 Å². The minimum Gasteiger partial charge on any atom is -0.481 e. The summed E-state index contributed by atoms with van der Waals surface area (Å²) in [6, 6.07) is 8.93. The minimum atomic E-state index is -3.68. The number of rotatable bonds is 9. The standard InChI is InChI=1S/C19H24N4O5S/c1-4-23(5-2)29(26,27)16-8-6-7-14(11-16)19(25)21-13-17(24)22-15-9-10-18(28-3)20-12-15/h6-12H,4-5,13H2,1-3H3,(H,21,25)(H,22,24). The molecule has 0 radical (unpaired) electrons. The molecule has 0 atom stereocenters. The van der Waals surface area contributed by atoms with E-state index in [0.717, 1.165) is 0 Å². The second-order valence-corrected chi connectivity index (χ2v) is 7.88. The van der Waals surface area contributed by atoms with Crippen molar-refractivity contribution in [3.63, 3.8) is 0 Å². The smallest absolute Gasteiger partial charge is 0.251 e. The van der Waals surface area contributed by atoms with Gasteiger partial charge in [-0.2, -0.15) is 4.31 Å². The number of anilines is 1. The largest absolute Gasteiger partial charge is 0.481 e. The van der Waals surface area contributed by atoms with Gasteiger partial charge in [0.15, 0.2) is 0 Å². The first-order valence-electron chi connectivity index (χ1n) is 9.00. The summed E-state index contributed by atoms with van der Waals surface area (Å²) in [7, 11) is -2.19. The second-order valence-electron chi connectivity index (χ2n) is 5.94. The highest BCUT2D eigenvalue weighted by atomic mass is 32.2. The Morgan fingerprint density at radius 3 is 2.45 bits per heavy atom. The van der Waals surface area contributed by atoms with Crippen molar-refractivity contribution in [2.24, 2.45) is 0 Å². The second kappa shape index (κ2) is 9.99. The van der Waals surface area contributed by atoms with E-state index in [1.54, 1.807) is 26.0 Å². The zero-order chi connectivity index (χ0) is 21.4. The van der Waals surface area contributed by atoms with E-state index in [1.807, 2.05) is 0 Å². The van der Waals surface area contributed by atoms with Gasteiger partial charge in [-0.3, -0.25) is 9.59 Å². The molecule has 0 bridgehead atoms. The van der Waals surface area contributed by atoms with E-state index in [1.165, 1.54) is 41.9 Å². The Hall–Kier alpha value is -2.98. The van der Waals surface area contributed by atoms with Gasteiger partial charge in [-0.15, -0.1) is 0 Å². The summed E-state index contributed by atoms with van der Waals surface area (Å²) in [5.74, 6) is -0.585. The number of hydrogen-bond acceptors (Lipinski definition) is 6. The lowest BCUT2D eigenvalue weighted by Gasteiger charge is -2.18. The molecule has 2 aromatic rings. The van der Waals surface area contributed by atoms with Crippen LogP contribution in [-0.4, -0.2) is 56.3 Å². The zero-order valence-electron chi connectivity index (χ0n) is 16.5. The van der Waals surface area contributed by atoms with Crippen molar-refractivity contribution in [3.05, 3.63) is 48.2 Å². The van der Waals surface area contributed by atoms with Crippen LogP contribution in [0.3, 0.4) is 0 Å². The summed E-state index contributed by atoms with van der Waals surface area (Å²) in [5, 5.41) is 5.06. The van der Waals surface area contributed by atoms with Gasteiger partial charge in [-0.25, -0.2) is 13.4 Å². The topological polar surface area (TPSA) is 118 Å². The van der Waals surface area contributed by atoms with E-state index in [0.29, 0.717) is 24.7 Å². The maximum atomic E-state index is 12.6. The molecule has 2 N–H and O–H groups in total. The first-order valence-corrected chi connectivity index (χ1v) is 10.4. The lowest BCUT2D eigenvalue weighted by Crippen LogP contribution is -2.33. The van der Waals surface area contributed by atoms with Crippen LogP contribution in [0.15, 0.2) is 47.5 Å². The highest BCUT2D eigenvalue weighted by Crippen LogP contribution is 2.17. The van der Waals surface area contributed by atoms with Crippen molar-refractivity contribution in [3.8, 4) is 5.88 Å². The van der Waals surface area contributed by atoms with Gasteiger partial charge in [0.2, 0.25) is 21.8 Å². The van der Waals surface area contributed by atoms with Gasteiger partial charge in [-0.05, 0) is 24.3 Å². The Morgan fingerprint density at radius 1 is 1.14 bits per heavy atom. The molecule has 9 nitrogen and oxygen atoms in total. The molecule has 10 heteroatoms. The first-order chi connectivity index (χ1) is 13.8. The number of hydrogen-bond donors (Lipinski definition) is 2.